The molecule has 0 aliphatic heterocycles. The van der Waals surface area contributed by atoms with E-state index >= 15 is 0 Å². The number of rotatable bonds is 19. The zero-order valence-electron chi connectivity index (χ0n) is 18.4. The lowest BCUT2D eigenvalue weighted by molar-refractivity contribution is 0.196. The van der Waals surface area contributed by atoms with E-state index in [0.717, 1.165) is 6.42 Å². The molecule has 0 fully saturated rings. The molecule has 0 rings (SSSR count). The molecule has 0 amide bonds. The summed E-state index contributed by atoms with van der Waals surface area (Å²) >= 11 is 0. The third-order valence-electron chi connectivity index (χ3n) is 5.50. The van der Waals surface area contributed by atoms with Crippen LogP contribution in [0.4, 0.5) is 4.79 Å². The number of carbonyl (C=O) groups excluding carboxylic acids is 1. The Morgan fingerprint density at radius 3 is 1.50 bits per heavy atom. The molecule has 3 nitrogen and oxygen atoms in total. The molecule has 0 spiro atoms. The topological polar surface area (TPSA) is 29.5 Å². The summed E-state index contributed by atoms with van der Waals surface area (Å²) in [6.07, 6.45) is 22.0. The van der Waals surface area contributed by atoms with Crippen LogP contribution in [0.1, 0.15) is 110 Å². The van der Waals surface area contributed by atoms with Crippen LogP contribution < -0.4 is 0 Å². The van der Waals surface area contributed by atoms with Crippen molar-refractivity contribution in [3.8, 4) is 0 Å². The molecule has 0 heterocycles. The Morgan fingerprint density at radius 1 is 0.769 bits per heavy atom. The van der Waals surface area contributed by atoms with Crippen LogP contribution in [-0.4, -0.2) is 45.2 Å². The average molecular weight is 367 g/mol. The van der Waals surface area contributed by atoms with Crippen molar-refractivity contribution in [2.45, 2.75) is 116 Å². The fourth-order valence-electron chi connectivity index (χ4n) is 3.57. The number of carbonyl (C=O) groups is 1. The van der Waals surface area contributed by atoms with E-state index in [1.54, 1.807) is 0 Å². The van der Waals surface area contributed by atoms with Crippen LogP contribution in [0.2, 0.25) is 0 Å². The van der Waals surface area contributed by atoms with Gasteiger partial charge in [0.15, 0.2) is 0 Å². The summed E-state index contributed by atoms with van der Waals surface area (Å²) in [6.45, 7) is 2.28. The van der Waals surface area contributed by atoms with E-state index in [1.807, 2.05) is 0 Å². The van der Waals surface area contributed by atoms with E-state index in [-0.39, 0.29) is 5.87 Å². The highest BCUT2D eigenvalue weighted by Crippen LogP contribution is 2.14. The Balaban J connectivity index is 3.33. The van der Waals surface area contributed by atoms with Gasteiger partial charge in [-0.1, -0.05) is 103 Å². The van der Waals surface area contributed by atoms with E-state index in [2.05, 4.69) is 25.9 Å². The fourth-order valence-corrected chi connectivity index (χ4v) is 3.57. The molecule has 0 saturated carbocycles. The summed E-state index contributed by atoms with van der Waals surface area (Å²) in [5.41, 5.74) is 0. The molecule has 0 radical (unpaired) electrons. The molecule has 4 heteroatoms. The number of hydrogen-bond donors (Lipinski definition) is 0. The Labute approximate surface area is 164 Å². The zero-order chi connectivity index (χ0) is 19.5. The first-order valence-corrected chi connectivity index (χ1v) is 11.3. The van der Waals surface area contributed by atoms with Crippen molar-refractivity contribution in [1.29, 1.82) is 0 Å². The third kappa shape index (κ3) is 16.9. The number of nitrogens with zero attached hydrogens (tertiary/aromatic N) is 1. The zero-order valence-corrected chi connectivity index (χ0v) is 18.4. The molecule has 1 atom stereocenters. The van der Waals surface area contributed by atoms with Crippen LogP contribution in [0.3, 0.4) is 0 Å². The minimum atomic E-state index is -0.0929. The van der Waals surface area contributed by atoms with Gasteiger partial charge in [-0.25, -0.2) is 0 Å². The van der Waals surface area contributed by atoms with Crippen molar-refractivity contribution in [1.82, 2.24) is 4.90 Å². The van der Waals surface area contributed by atoms with E-state index in [0.29, 0.717) is 13.2 Å². The maximum Gasteiger partial charge on any atom is 0.279 e. The van der Waals surface area contributed by atoms with Crippen molar-refractivity contribution in [2.24, 2.45) is 0 Å². The molecule has 0 aliphatic rings. The normalized spacial score (nSPS) is 12.3. The molecular weight excluding hydrogens is 321 g/mol. The van der Waals surface area contributed by atoms with Gasteiger partial charge in [0.25, 0.3) is 7.28 Å². The van der Waals surface area contributed by atoms with Gasteiger partial charge in [-0.05, 0) is 26.5 Å². The number of hydrogen-bond acceptors (Lipinski definition) is 3. The molecule has 0 saturated heterocycles. The Hall–Kier alpha value is -0.505. The van der Waals surface area contributed by atoms with Gasteiger partial charge in [-0.3, -0.25) is 4.79 Å². The first-order valence-electron chi connectivity index (χ1n) is 11.3. The molecular formula is C22H46BNO2. The molecule has 0 aromatic rings. The van der Waals surface area contributed by atoms with Gasteiger partial charge < -0.3 is 9.64 Å². The van der Waals surface area contributed by atoms with Crippen LogP contribution >= 0.6 is 0 Å². The molecule has 0 aromatic heterocycles. The molecule has 0 bridgehead atoms. The van der Waals surface area contributed by atoms with Gasteiger partial charge in [-0.15, -0.1) is 0 Å². The van der Waals surface area contributed by atoms with Crippen LogP contribution in [0, 0.1) is 0 Å². The number of ether oxygens (including phenoxy) is 1. The second kappa shape index (κ2) is 19.3. The predicted molar refractivity (Wildman–Crippen MR) is 117 cm³/mol. The quantitative estimate of drug-likeness (QED) is 0.197. The van der Waals surface area contributed by atoms with Crippen molar-refractivity contribution in [3.05, 3.63) is 0 Å². The molecule has 0 N–H and O–H groups in total. The summed E-state index contributed by atoms with van der Waals surface area (Å²) in [6, 6.07) is 0. The summed E-state index contributed by atoms with van der Waals surface area (Å²) in [5.74, 6) is 0.231. The van der Waals surface area contributed by atoms with E-state index < -0.39 is 0 Å². The lowest BCUT2D eigenvalue weighted by Crippen LogP contribution is -2.37. The van der Waals surface area contributed by atoms with E-state index in [4.69, 9.17) is 4.74 Å². The summed E-state index contributed by atoms with van der Waals surface area (Å²) in [5, 5.41) is 0. The maximum absolute atomic E-state index is 11.4. The minimum absolute atomic E-state index is 0.0929. The maximum atomic E-state index is 11.4. The van der Waals surface area contributed by atoms with E-state index in [9.17, 15) is 4.79 Å². The molecule has 0 aliphatic carbocycles. The standard InChI is InChI=1S/C22H46BNO2/c1-5-6-7-8-9-10-11-12-13-14-15-16-17-18-19-20-21(24(2)3)23-22(25)26-4/h21,23H,5-20H2,1-4H3. The Morgan fingerprint density at radius 2 is 1.15 bits per heavy atom. The van der Waals surface area contributed by atoms with E-state index in [1.165, 1.54) is 103 Å². The van der Waals surface area contributed by atoms with Gasteiger partial charge in [-0.2, -0.15) is 0 Å². The predicted octanol–water partition coefficient (Wildman–Crippen LogP) is 6.34. The van der Waals surface area contributed by atoms with Crippen molar-refractivity contribution in [3.63, 3.8) is 0 Å². The second-order valence-corrected chi connectivity index (χ2v) is 8.14. The smallest absolute Gasteiger partial charge is 0.279 e. The molecule has 1 unspecified atom stereocenters. The van der Waals surface area contributed by atoms with Crippen molar-refractivity contribution in [2.75, 3.05) is 21.2 Å². The SMILES string of the molecule is CCCCCCCCCCCCCCCCCC(BC(=O)OC)N(C)C. The summed E-state index contributed by atoms with van der Waals surface area (Å²) in [7, 11) is 6.10. The number of methoxy groups -OCH3 is 1. The third-order valence-corrected chi connectivity index (χ3v) is 5.50. The van der Waals surface area contributed by atoms with Gasteiger partial charge in [0, 0.05) is 0 Å². The highest BCUT2D eigenvalue weighted by Gasteiger charge is 2.18. The van der Waals surface area contributed by atoms with Crippen LogP contribution in [-0.2, 0) is 4.74 Å². The van der Waals surface area contributed by atoms with Crippen LogP contribution in [0.25, 0.3) is 0 Å². The minimum Gasteiger partial charge on any atom is -0.477 e. The first kappa shape index (κ1) is 25.5. The van der Waals surface area contributed by atoms with Crippen molar-refractivity contribution >= 4 is 13.1 Å². The van der Waals surface area contributed by atoms with Crippen molar-refractivity contribution < 1.29 is 9.53 Å². The summed E-state index contributed by atoms with van der Waals surface area (Å²) in [4.78, 5) is 13.6. The lowest BCUT2D eigenvalue weighted by Gasteiger charge is -2.22. The molecule has 154 valence electrons. The largest absolute Gasteiger partial charge is 0.477 e. The highest BCUT2D eigenvalue weighted by molar-refractivity contribution is 6.73. The first-order chi connectivity index (χ1) is 12.6. The average Bonchev–Trinajstić information content (AvgIpc) is 2.63. The number of unbranched alkanes of at least 4 members (excludes halogenated alkanes) is 14. The monoisotopic (exact) mass is 367 g/mol. The second-order valence-electron chi connectivity index (χ2n) is 8.14. The van der Waals surface area contributed by atoms with Gasteiger partial charge in [0.05, 0.1) is 7.11 Å². The fraction of sp³-hybridized carbons (Fsp3) is 0.955. The van der Waals surface area contributed by atoms with Gasteiger partial charge in [0.1, 0.15) is 0 Å². The molecule has 0 aromatic carbocycles. The van der Waals surface area contributed by atoms with Gasteiger partial charge >= 0.3 is 0 Å². The lowest BCUT2D eigenvalue weighted by atomic mass is 9.67. The van der Waals surface area contributed by atoms with Gasteiger partial charge in [0.2, 0.25) is 5.87 Å². The van der Waals surface area contributed by atoms with Crippen LogP contribution in [0.5, 0.6) is 0 Å². The molecule has 26 heavy (non-hydrogen) atoms. The van der Waals surface area contributed by atoms with Crippen LogP contribution in [0.15, 0.2) is 0 Å². The Bertz CT molecular complexity index is 311. The highest BCUT2D eigenvalue weighted by atomic mass is 16.5. The Kier molecular flexibility index (Phi) is 18.9. The summed E-state index contributed by atoms with van der Waals surface area (Å²) < 4.78 is 4.79.